The van der Waals surface area contributed by atoms with Gasteiger partial charge in [0.05, 0.1) is 0 Å². The summed E-state index contributed by atoms with van der Waals surface area (Å²) in [7, 11) is 4.10. The minimum Gasteiger partial charge on any atom is -0.378 e. The highest BCUT2D eigenvalue weighted by Gasteiger charge is 2.13. The number of aromatic nitrogens is 1. The predicted octanol–water partition coefficient (Wildman–Crippen LogP) is 2.46. The van der Waals surface area contributed by atoms with Gasteiger partial charge in [-0.25, -0.2) is 4.98 Å². The smallest absolute Gasteiger partial charge is 0.128 e. The summed E-state index contributed by atoms with van der Waals surface area (Å²) in [6.45, 7) is 0. The molecule has 1 saturated heterocycles. The maximum atomic E-state index is 4.37. The number of rotatable bonds is 3. The molecule has 0 aliphatic carbocycles. The molecule has 1 fully saturated rings. The summed E-state index contributed by atoms with van der Waals surface area (Å²) in [4.78, 5) is 6.47. The van der Waals surface area contributed by atoms with Crippen molar-refractivity contribution in [3.63, 3.8) is 0 Å². The molecular formula is C12H19N3S. The molecule has 1 aromatic heterocycles. The Morgan fingerprint density at radius 1 is 1.50 bits per heavy atom. The van der Waals surface area contributed by atoms with Gasteiger partial charge < -0.3 is 10.2 Å². The van der Waals surface area contributed by atoms with E-state index in [1.165, 1.54) is 30.0 Å². The Hall–Kier alpha value is -0.900. The van der Waals surface area contributed by atoms with Crippen LogP contribution in [0.1, 0.15) is 12.8 Å². The molecule has 2 heterocycles. The number of thioether (sulfide) groups is 1. The average Bonchev–Trinajstić information content (AvgIpc) is 2.30. The van der Waals surface area contributed by atoms with Crippen LogP contribution in [-0.4, -0.2) is 36.6 Å². The second kappa shape index (κ2) is 5.43. The van der Waals surface area contributed by atoms with Crippen LogP contribution >= 0.6 is 11.8 Å². The Kier molecular flexibility index (Phi) is 3.93. The zero-order valence-corrected chi connectivity index (χ0v) is 10.8. The minimum absolute atomic E-state index is 0.587. The summed E-state index contributed by atoms with van der Waals surface area (Å²) in [6, 6.07) is 4.73. The van der Waals surface area contributed by atoms with Crippen LogP contribution in [0.15, 0.2) is 18.3 Å². The van der Waals surface area contributed by atoms with E-state index in [-0.39, 0.29) is 0 Å². The van der Waals surface area contributed by atoms with Crippen molar-refractivity contribution in [2.75, 3.05) is 35.8 Å². The van der Waals surface area contributed by atoms with Gasteiger partial charge >= 0.3 is 0 Å². The molecular weight excluding hydrogens is 218 g/mol. The molecule has 3 nitrogen and oxygen atoms in total. The van der Waals surface area contributed by atoms with Gasteiger partial charge in [0, 0.05) is 43.8 Å². The molecule has 0 radical (unpaired) electrons. The van der Waals surface area contributed by atoms with E-state index in [9.17, 15) is 0 Å². The van der Waals surface area contributed by atoms with Gasteiger partial charge in [-0.2, -0.15) is 11.8 Å². The first-order valence-corrected chi connectivity index (χ1v) is 6.89. The van der Waals surface area contributed by atoms with E-state index in [2.05, 4.69) is 35.4 Å². The van der Waals surface area contributed by atoms with E-state index in [1.54, 1.807) is 0 Å². The maximum absolute atomic E-state index is 4.37. The summed E-state index contributed by atoms with van der Waals surface area (Å²) in [5, 5.41) is 3.52. The molecule has 0 spiro atoms. The molecule has 1 aliphatic heterocycles. The van der Waals surface area contributed by atoms with Crippen LogP contribution in [-0.2, 0) is 0 Å². The highest BCUT2D eigenvalue weighted by atomic mass is 32.2. The fourth-order valence-corrected chi connectivity index (χ4v) is 2.91. The molecule has 1 aromatic rings. The van der Waals surface area contributed by atoms with Gasteiger partial charge in [0.25, 0.3) is 0 Å². The Labute approximate surface area is 102 Å². The van der Waals surface area contributed by atoms with Crippen molar-refractivity contribution in [2.24, 2.45) is 0 Å². The number of hydrogen-bond acceptors (Lipinski definition) is 4. The SMILES string of the molecule is CN(C)c1ccnc(NC2CCCSC2)c1. The third-order valence-corrected chi connectivity index (χ3v) is 3.99. The van der Waals surface area contributed by atoms with Gasteiger partial charge in [-0.15, -0.1) is 0 Å². The van der Waals surface area contributed by atoms with E-state index < -0.39 is 0 Å². The standard InChI is InChI=1S/C12H19N3S/c1-15(2)11-5-6-13-12(8-11)14-10-4-3-7-16-9-10/h5-6,8,10H,3-4,7,9H2,1-2H3,(H,13,14). The third kappa shape index (κ3) is 3.04. The number of nitrogens with zero attached hydrogens (tertiary/aromatic N) is 2. The molecule has 0 aromatic carbocycles. The molecule has 1 atom stereocenters. The van der Waals surface area contributed by atoms with Gasteiger partial charge in [-0.3, -0.25) is 0 Å². The molecule has 0 amide bonds. The summed E-state index contributed by atoms with van der Waals surface area (Å²) in [5.41, 5.74) is 1.20. The van der Waals surface area contributed by atoms with Crippen molar-refractivity contribution in [1.82, 2.24) is 4.98 Å². The van der Waals surface area contributed by atoms with E-state index in [1.807, 2.05) is 24.0 Å². The summed E-state index contributed by atoms with van der Waals surface area (Å²) in [6.07, 6.45) is 4.45. The highest BCUT2D eigenvalue weighted by molar-refractivity contribution is 7.99. The minimum atomic E-state index is 0.587. The maximum Gasteiger partial charge on any atom is 0.128 e. The van der Waals surface area contributed by atoms with E-state index in [0.29, 0.717) is 6.04 Å². The zero-order chi connectivity index (χ0) is 11.4. The topological polar surface area (TPSA) is 28.2 Å². The van der Waals surface area contributed by atoms with Crippen LogP contribution in [0.5, 0.6) is 0 Å². The quantitative estimate of drug-likeness (QED) is 0.874. The van der Waals surface area contributed by atoms with Gasteiger partial charge in [-0.05, 0) is 24.7 Å². The number of nitrogens with one attached hydrogen (secondary N) is 1. The second-order valence-electron chi connectivity index (χ2n) is 4.35. The molecule has 1 aliphatic rings. The van der Waals surface area contributed by atoms with Crippen molar-refractivity contribution in [3.8, 4) is 0 Å². The van der Waals surface area contributed by atoms with E-state index in [0.717, 1.165) is 5.82 Å². The molecule has 1 N–H and O–H groups in total. The lowest BCUT2D eigenvalue weighted by Gasteiger charge is -2.23. The molecule has 1 unspecified atom stereocenters. The number of pyridine rings is 1. The van der Waals surface area contributed by atoms with E-state index >= 15 is 0 Å². The van der Waals surface area contributed by atoms with Gasteiger partial charge in [0.1, 0.15) is 5.82 Å². The number of hydrogen-bond donors (Lipinski definition) is 1. The third-order valence-electron chi connectivity index (χ3n) is 2.77. The molecule has 88 valence electrons. The van der Waals surface area contributed by atoms with Crippen molar-refractivity contribution in [2.45, 2.75) is 18.9 Å². The molecule has 0 saturated carbocycles. The second-order valence-corrected chi connectivity index (χ2v) is 5.50. The fourth-order valence-electron chi connectivity index (χ4n) is 1.84. The van der Waals surface area contributed by atoms with Crippen molar-refractivity contribution in [3.05, 3.63) is 18.3 Å². The average molecular weight is 237 g/mol. The molecule has 2 rings (SSSR count). The van der Waals surface area contributed by atoms with E-state index in [4.69, 9.17) is 0 Å². The lowest BCUT2D eigenvalue weighted by atomic mass is 10.2. The summed E-state index contributed by atoms with van der Waals surface area (Å²) in [5.74, 6) is 3.51. The van der Waals surface area contributed by atoms with Crippen LogP contribution in [0.2, 0.25) is 0 Å². The predicted molar refractivity (Wildman–Crippen MR) is 72.5 cm³/mol. The Morgan fingerprint density at radius 3 is 3.06 bits per heavy atom. The van der Waals surface area contributed by atoms with Crippen LogP contribution in [0.25, 0.3) is 0 Å². The largest absolute Gasteiger partial charge is 0.378 e. The Bertz CT molecular complexity index is 335. The van der Waals surface area contributed by atoms with Crippen LogP contribution in [0.4, 0.5) is 11.5 Å². The highest BCUT2D eigenvalue weighted by Crippen LogP contribution is 2.21. The van der Waals surface area contributed by atoms with Crippen molar-refractivity contribution in [1.29, 1.82) is 0 Å². The first kappa shape index (κ1) is 11.6. The van der Waals surface area contributed by atoms with Gasteiger partial charge in [0.15, 0.2) is 0 Å². The Morgan fingerprint density at radius 2 is 2.38 bits per heavy atom. The lowest BCUT2D eigenvalue weighted by Crippen LogP contribution is -2.26. The van der Waals surface area contributed by atoms with Crippen molar-refractivity contribution >= 4 is 23.3 Å². The van der Waals surface area contributed by atoms with Crippen molar-refractivity contribution < 1.29 is 0 Å². The normalized spacial score (nSPS) is 20.5. The van der Waals surface area contributed by atoms with Gasteiger partial charge in [0.2, 0.25) is 0 Å². The number of anilines is 2. The zero-order valence-electron chi connectivity index (χ0n) is 9.94. The first-order valence-electron chi connectivity index (χ1n) is 5.73. The molecule has 16 heavy (non-hydrogen) atoms. The monoisotopic (exact) mass is 237 g/mol. The Balaban J connectivity index is 2.00. The fraction of sp³-hybridized carbons (Fsp3) is 0.583. The van der Waals surface area contributed by atoms with Gasteiger partial charge in [-0.1, -0.05) is 0 Å². The van der Waals surface area contributed by atoms with Crippen LogP contribution in [0, 0.1) is 0 Å². The molecule has 0 bridgehead atoms. The van der Waals surface area contributed by atoms with Crippen LogP contribution < -0.4 is 10.2 Å². The lowest BCUT2D eigenvalue weighted by molar-refractivity contribution is 0.682. The summed E-state index contributed by atoms with van der Waals surface area (Å²) < 4.78 is 0. The first-order chi connectivity index (χ1) is 7.75. The summed E-state index contributed by atoms with van der Waals surface area (Å²) >= 11 is 2.03. The van der Waals surface area contributed by atoms with Crippen LogP contribution in [0.3, 0.4) is 0 Å². The molecule has 4 heteroatoms.